The molecule has 0 saturated heterocycles. The van der Waals surface area contributed by atoms with Gasteiger partial charge in [-0.25, -0.2) is 4.79 Å². The standard InChI is InChI=1S/C24H31N3O5S/c25-12-5-4-8-18(26-19(23(29)30)10-9-16-6-2-1-3-7-16)22(28)27-15-17-11-13-33-21(17)14-20(27)24(31)32/h1-3,6-7,11,13,18-20,26H,4-5,8-10,12,14-15,25H2,(H,29,30)(H,31,32)/t18-,19-,20-/m0/s1. The number of carbonyl (C=O) groups is 3. The number of carboxylic acids is 2. The molecule has 1 aliphatic heterocycles. The van der Waals surface area contributed by atoms with E-state index >= 15 is 0 Å². The van der Waals surface area contributed by atoms with Gasteiger partial charge in [0.05, 0.1) is 6.04 Å². The molecule has 1 aliphatic rings. The summed E-state index contributed by atoms with van der Waals surface area (Å²) in [7, 11) is 0. The number of carboxylic acid groups (broad SMARTS) is 2. The Morgan fingerprint density at radius 3 is 2.52 bits per heavy atom. The topological polar surface area (TPSA) is 133 Å². The van der Waals surface area contributed by atoms with Gasteiger partial charge < -0.3 is 20.8 Å². The number of hydrogen-bond acceptors (Lipinski definition) is 6. The Balaban J connectivity index is 1.77. The molecule has 33 heavy (non-hydrogen) atoms. The number of thiophene rings is 1. The minimum atomic E-state index is -1.05. The molecule has 0 spiro atoms. The van der Waals surface area contributed by atoms with Crippen molar-refractivity contribution in [2.45, 2.75) is 63.2 Å². The predicted molar refractivity (Wildman–Crippen MR) is 126 cm³/mol. The van der Waals surface area contributed by atoms with Crippen LogP contribution in [-0.4, -0.2) is 57.6 Å². The van der Waals surface area contributed by atoms with E-state index in [0.29, 0.717) is 38.6 Å². The van der Waals surface area contributed by atoms with Crippen LogP contribution in [0.3, 0.4) is 0 Å². The van der Waals surface area contributed by atoms with Crippen LogP contribution >= 0.6 is 11.3 Å². The molecule has 8 nitrogen and oxygen atoms in total. The molecular weight excluding hydrogens is 442 g/mol. The van der Waals surface area contributed by atoms with Crippen molar-refractivity contribution in [3.05, 3.63) is 57.8 Å². The van der Waals surface area contributed by atoms with Gasteiger partial charge in [-0.2, -0.15) is 0 Å². The Labute approximate surface area is 197 Å². The molecule has 178 valence electrons. The highest BCUT2D eigenvalue weighted by Gasteiger charge is 2.38. The van der Waals surface area contributed by atoms with Crippen molar-refractivity contribution in [3.63, 3.8) is 0 Å². The number of carbonyl (C=O) groups excluding carboxylic acids is 1. The van der Waals surface area contributed by atoms with Gasteiger partial charge in [0.2, 0.25) is 5.91 Å². The molecule has 0 bridgehead atoms. The van der Waals surface area contributed by atoms with Gasteiger partial charge >= 0.3 is 11.9 Å². The highest BCUT2D eigenvalue weighted by Crippen LogP contribution is 2.29. The van der Waals surface area contributed by atoms with Crippen molar-refractivity contribution < 1.29 is 24.6 Å². The number of unbranched alkanes of at least 4 members (excludes halogenated alkanes) is 1. The molecule has 2 heterocycles. The minimum absolute atomic E-state index is 0.214. The lowest BCUT2D eigenvalue weighted by Gasteiger charge is -2.36. The van der Waals surface area contributed by atoms with Gasteiger partial charge in [-0.15, -0.1) is 11.3 Å². The Morgan fingerprint density at radius 2 is 1.85 bits per heavy atom. The number of fused-ring (bicyclic) bond motifs is 1. The van der Waals surface area contributed by atoms with E-state index in [1.807, 2.05) is 41.8 Å². The first kappa shape index (κ1) is 24.9. The third-order valence-electron chi connectivity index (χ3n) is 6.01. The van der Waals surface area contributed by atoms with Gasteiger partial charge in [-0.3, -0.25) is 14.9 Å². The number of hydrogen-bond donors (Lipinski definition) is 4. The van der Waals surface area contributed by atoms with Crippen LogP contribution < -0.4 is 11.1 Å². The number of nitrogens with two attached hydrogens (primary N) is 1. The van der Waals surface area contributed by atoms with Crippen LogP contribution in [0.5, 0.6) is 0 Å². The molecule has 9 heteroatoms. The monoisotopic (exact) mass is 473 g/mol. The summed E-state index contributed by atoms with van der Waals surface area (Å²) in [6.45, 7) is 0.683. The second-order valence-electron chi connectivity index (χ2n) is 8.31. The summed E-state index contributed by atoms with van der Waals surface area (Å²) in [4.78, 5) is 39.9. The number of aliphatic carboxylic acids is 2. The molecular formula is C24H31N3O5S. The third kappa shape index (κ3) is 6.63. The smallest absolute Gasteiger partial charge is 0.326 e. The maximum atomic E-state index is 13.6. The van der Waals surface area contributed by atoms with E-state index < -0.39 is 30.1 Å². The van der Waals surface area contributed by atoms with E-state index in [-0.39, 0.29) is 18.9 Å². The van der Waals surface area contributed by atoms with E-state index in [1.54, 1.807) is 0 Å². The van der Waals surface area contributed by atoms with Gasteiger partial charge in [0.25, 0.3) is 0 Å². The van der Waals surface area contributed by atoms with Gasteiger partial charge in [-0.1, -0.05) is 36.8 Å². The number of nitrogens with zero attached hydrogens (tertiary/aromatic N) is 1. The fraction of sp³-hybridized carbons (Fsp3) is 0.458. The highest BCUT2D eigenvalue weighted by atomic mass is 32.1. The van der Waals surface area contributed by atoms with E-state index in [2.05, 4.69) is 5.32 Å². The predicted octanol–water partition coefficient (Wildman–Crippen LogP) is 2.26. The molecule has 0 unspecified atom stereocenters. The van der Waals surface area contributed by atoms with Crippen LogP contribution in [0, 0.1) is 0 Å². The summed E-state index contributed by atoms with van der Waals surface area (Å²) >= 11 is 1.50. The zero-order chi connectivity index (χ0) is 23.8. The zero-order valence-corrected chi connectivity index (χ0v) is 19.3. The average molecular weight is 474 g/mol. The van der Waals surface area contributed by atoms with E-state index in [0.717, 1.165) is 16.0 Å². The Kier molecular flexibility index (Phi) is 8.99. The maximum absolute atomic E-state index is 13.6. The summed E-state index contributed by atoms with van der Waals surface area (Å²) < 4.78 is 0. The largest absolute Gasteiger partial charge is 0.480 e. The molecule has 3 rings (SSSR count). The van der Waals surface area contributed by atoms with Crippen LogP contribution in [0.1, 0.15) is 41.7 Å². The number of amides is 1. The van der Waals surface area contributed by atoms with Crippen molar-refractivity contribution in [1.82, 2.24) is 10.2 Å². The molecule has 0 fully saturated rings. The van der Waals surface area contributed by atoms with Gasteiger partial charge in [0.1, 0.15) is 12.1 Å². The van der Waals surface area contributed by atoms with Gasteiger partial charge in [-0.05, 0) is 54.8 Å². The van der Waals surface area contributed by atoms with Gasteiger partial charge in [0, 0.05) is 17.8 Å². The van der Waals surface area contributed by atoms with Crippen LogP contribution in [0.4, 0.5) is 0 Å². The van der Waals surface area contributed by atoms with Crippen molar-refractivity contribution in [3.8, 4) is 0 Å². The Morgan fingerprint density at radius 1 is 1.09 bits per heavy atom. The Hall–Kier alpha value is -2.75. The average Bonchev–Trinajstić information content (AvgIpc) is 3.27. The number of rotatable bonds is 12. The van der Waals surface area contributed by atoms with Crippen molar-refractivity contribution in [2.24, 2.45) is 5.73 Å². The molecule has 1 aromatic carbocycles. The molecule has 3 atom stereocenters. The molecule has 5 N–H and O–H groups in total. The SMILES string of the molecule is NCCCC[C@H](N[C@@H](CCc1ccccc1)C(=O)O)C(=O)N1Cc2ccsc2C[C@H]1C(=O)O. The number of aryl methyl sites for hydroxylation is 1. The quantitative estimate of drug-likeness (QED) is 0.348. The van der Waals surface area contributed by atoms with Crippen LogP contribution in [0.25, 0.3) is 0 Å². The first-order valence-electron chi connectivity index (χ1n) is 11.2. The second-order valence-corrected chi connectivity index (χ2v) is 9.31. The van der Waals surface area contributed by atoms with Crippen molar-refractivity contribution in [2.75, 3.05) is 6.54 Å². The summed E-state index contributed by atoms with van der Waals surface area (Å²) in [5.41, 5.74) is 7.58. The molecule has 0 saturated carbocycles. The highest BCUT2D eigenvalue weighted by molar-refractivity contribution is 7.10. The lowest BCUT2D eigenvalue weighted by atomic mass is 9.98. The molecule has 0 aliphatic carbocycles. The summed E-state index contributed by atoms with van der Waals surface area (Å²) in [5, 5.41) is 24.5. The summed E-state index contributed by atoms with van der Waals surface area (Å²) in [5.74, 6) is -2.46. The van der Waals surface area contributed by atoms with Crippen molar-refractivity contribution >= 4 is 29.2 Å². The molecule has 1 aromatic heterocycles. The van der Waals surface area contributed by atoms with Crippen LogP contribution in [0.15, 0.2) is 41.8 Å². The van der Waals surface area contributed by atoms with Crippen molar-refractivity contribution in [1.29, 1.82) is 0 Å². The molecule has 1 amide bonds. The maximum Gasteiger partial charge on any atom is 0.326 e. The fourth-order valence-corrected chi connectivity index (χ4v) is 5.10. The van der Waals surface area contributed by atoms with E-state index in [9.17, 15) is 24.6 Å². The molecule has 2 aromatic rings. The number of nitrogens with one attached hydrogen (secondary N) is 1. The van der Waals surface area contributed by atoms with Crippen LogP contribution in [-0.2, 0) is 33.8 Å². The molecule has 0 radical (unpaired) electrons. The van der Waals surface area contributed by atoms with Crippen LogP contribution in [0.2, 0.25) is 0 Å². The minimum Gasteiger partial charge on any atom is -0.480 e. The van der Waals surface area contributed by atoms with E-state index in [1.165, 1.54) is 16.2 Å². The summed E-state index contributed by atoms with van der Waals surface area (Å²) in [6.07, 6.45) is 2.86. The normalized spacial score (nSPS) is 17.2. The first-order valence-corrected chi connectivity index (χ1v) is 12.1. The second kappa shape index (κ2) is 11.9. The summed E-state index contributed by atoms with van der Waals surface area (Å²) in [6, 6.07) is 8.80. The fourth-order valence-electron chi connectivity index (χ4n) is 4.17. The number of benzene rings is 1. The Bertz CT molecular complexity index is 949. The lowest BCUT2D eigenvalue weighted by molar-refractivity contribution is -0.153. The van der Waals surface area contributed by atoms with Gasteiger partial charge in [0.15, 0.2) is 0 Å². The first-order chi connectivity index (χ1) is 15.9. The third-order valence-corrected chi connectivity index (χ3v) is 7.00. The van der Waals surface area contributed by atoms with E-state index in [4.69, 9.17) is 5.73 Å². The zero-order valence-electron chi connectivity index (χ0n) is 18.5. The lowest BCUT2D eigenvalue weighted by Crippen LogP contribution is -2.57.